The van der Waals surface area contributed by atoms with E-state index in [1.807, 2.05) is 12.1 Å². The molecule has 0 amide bonds. The second-order valence-electron chi connectivity index (χ2n) is 6.25. The first-order chi connectivity index (χ1) is 11.3. The van der Waals surface area contributed by atoms with Crippen molar-refractivity contribution in [3.8, 4) is 5.75 Å². The highest BCUT2D eigenvalue weighted by Crippen LogP contribution is 2.34. The molecule has 1 aliphatic rings. The average Bonchev–Trinajstić information content (AvgIpc) is 3.13. The number of phenolic OH excluding ortho intramolecular Hbond substituents is 1. The maximum atomic E-state index is 10.9. The Hall–Kier alpha value is -1.91. The summed E-state index contributed by atoms with van der Waals surface area (Å²) in [7, 11) is 0. The molecule has 1 aromatic carbocycles. The van der Waals surface area contributed by atoms with Gasteiger partial charge in [-0.25, -0.2) is 0 Å². The largest absolute Gasteiger partial charge is 0.505 e. The molecule has 3 heterocycles. The summed E-state index contributed by atoms with van der Waals surface area (Å²) in [6.45, 7) is 2.34. The summed E-state index contributed by atoms with van der Waals surface area (Å²) >= 11 is 1.78. The average molecular weight is 325 g/mol. The smallest absolute Gasteiger partial charge is 0.152 e. The SMILES string of the molecule is Oc1c(C(c2cccs2)[NH+]2CCCCC2)ccc2cccnc12. The van der Waals surface area contributed by atoms with Crippen molar-refractivity contribution in [1.29, 1.82) is 0 Å². The summed E-state index contributed by atoms with van der Waals surface area (Å²) in [5.41, 5.74) is 1.72. The molecule has 1 unspecified atom stereocenters. The number of phenols is 1. The van der Waals surface area contributed by atoms with E-state index in [2.05, 4.69) is 34.6 Å². The molecular formula is C19H21N2OS+. The Balaban J connectivity index is 1.84. The lowest BCUT2D eigenvalue weighted by atomic mass is 9.98. The van der Waals surface area contributed by atoms with Gasteiger partial charge in [0.25, 0.3) is 0 Å². The Morgan fingerprint density at radius 1 is 1.04 bits per heavy atom. The lowest BCUT2D eigenvalue weighted by molar-refractivity contribution is -0.929. The Morgan fingerprint density at radius 2 is 1.91 bits per heavy atom. The van der Waals surface area contributed by atoms with E-state index < -0.39 is 0 Å². The van der Waals surface area contributed by atoms with Crippen molar-refractivity contribution in [3.63, 3.8) is 0 Å². The van der Waals surface area contributed by atoms with Gasteiger partial charge in [0.05, 0.1) is 23.5 Å². The van der Waals surface area contributed by atoms with Crippen molar-refractivity contribution in [1.82, 2.24) is 4.98 Å². The molecule has 1 fully saturated rings. The minimum Gasteiger partial charge on any atom is -0.505 e. The van der Waals surface area contributed by atoms with Crippen LogP contribution in [0.25, 0.3) is 10.9 Å². The number of quaternary nitrogens is 1. The van der Waals surface area contributed by atoms with E-state index in [0.717, 1.165) is 10.9 Å². The molecule has 3 aromatic rings. The van der Waals surface area contributed by atoms with Crippen molar-refractivity contribution < 1.29 is 10.0 Å². The van der Waals surface area contributed by atoms with Crippen LogP contribution < -0.4 is 4.90 Å². The first kappa shape index (κ1) is 14.7. The van der Waals surface area contributed by atoms with Crippen LogP contribution in [0.15, 0.2) is 48.0 Å². The molecule has 1 atom stereocenters. The van der Waals surface area contributed by atoms with E-state index in [4.69, 9.17) is 0 Å². The van der Waals surface area contributed by atoms with Crippen LogP contribution in [0.3, 0.4) is 0 Å². The lowest BCUT2D eigenvalue weighted by Crippen LogP contribution is -3.13. The summed E-state index contributed by atoms with van der Waals surface area (Å²) in [4.78, 5) is 7.28. The normalized spacial score (nSPS) is 17.4. The van der Waals surface area contributed by atoms with Crippen LogP contribution in [0.5, 0.6) is 5.75 Å². The van der Waals surface area contributed by atoms with Crippen LogP contribution in [0.4, 0.5) is 0 Å². The third kappa shape index (κ3) is 2.73. The molecule has 0 aliphatic carbocycles. The monoisotopic (exact) mass is 325 g/mol. The number of benzene rings is 1. The van der Waals surface area contributed by atoms with Crippen LogP contribution in [0.1, 0.15) is 35.7 Å². The van der Waals surface area contributed by atoms with Gasteiger partial charge in [0, 0.05) is 11.6 Å². The van der Waals surface area contributed by atoms with Gasteiger partial charge in [-0.05, 0) is 42.8 Å². The molecule has 4 rings (SSSR count). The molecule has 0 spiro atoms. The van der Waals surface area contributed by atoms with Gasteiger partial charge in [0.2, 0.25) is 0 Å². The fraction of sp³-hybridized carbons (Fsp3) is 0.316. The molecule has 0 bridgehead atoms. The second-order valence-corrected chi connectivity index (χ2v) is 7.23. The zero-order valence-corrected chi connectivity index (χ0v) is 13.9. The second kappa shape index (κ2) is 6.30. The van der Waals surface area contributed by atoms with Crippen LogP contribution in [-0.4, -0.2) is 23.2 Å². The van der Waals surface area contributed by atoms with E-state index in [0.29, 0.717) is 11.3 Å². The quantitative estimate of drug-likeness (QED) is 0.776. The van der Waals surface area contributed by atoms with Crippen molar-refractivity contribution in [3.05, 3.63) is 58.4 Å². The van der Waals surface area contributed by atoms with Crippen LogP contribution >= 0.6 is 11.3 Å². The number of hydrogen-bond donors (Lipinski definition) is 2. The number of nitrogens with one attached hydrogen (secondary N) is 1. The molecule has 1 saturated heterocycles. The van der Waals surface area contributed by atoms with Gasteiger partial charge in [-0.15, -0.1) is 11.3 Å². The zero-order chi connectivity index (χ0) is 15.6. The van der Waals surface area contributed by atoms with E-state index >= 15 is 0 Å². The summed E-state index contributed by atoms with van der Waals surface area (Å²) in [5, 5.41) is 14.0. The number of aromatic nitrogens is 1. The van der Waals surface area contributed by atoms with Gasteiger partial charge < -0.3 is 10.0 Å². The number of pyridine rings is 1. The highest BCUT2D eigenvalue weighted by Gasteiger charge is 2.31. The first-order valence-corrected chi connectivity index (χ1v) is 9.17. The van der Waals surface area contributed by atoms with E-state index in [1.54, 1.807) is 22.4 Å². The lowest BCUT2D eigenvalue weighted by Gasteiger charge is -2.31. The van der Waals surface area contributed by atoms with Gasteiger partial charge >= 0.3 is 0 Å². The molecule has 4 heteroatoms. The minimum absolute atomic E-state index is 0.210. The molecule has 3 nitrogen and oxygen atoms in total. The Bertz CT molecular complexity index is 794. The number of aromatic hydroxyl groups is 1. The number of hydrogen-bond acceptors (Lipinski definition) is 3. The van der Waals surface area contributed by atoms with Gasteiger partial charge in [0.1, 0.15) is 5.52 Å². The van der Waals surface area contributed by atoms with Gasteiger partial charge in [-0.2, -0.15) is 0 Å². The molecule has 23 heavy (non-hydrogen) atoms. The Labute approximate surface area is 140 Å². The molecular weight excluding hydrogens is 304 g/mol. The molecule has 2 N–H and O–H groups in total. The topological polar surface area (TPSA) is 37.6 Å². The molecule has 0 radical (unpaired) electrons. The maximum Gasteiger partial charge on any atom is 0.152 e. The molecule has 118 valence electrons. The molecule has 1 aliphatic heterocycles. The first-order valence-electron chi connectivity index (χ1n) is 8.29. The number of fused-ring (bicyclic) bond motifs is 1. The van der Waals surface area contributed by atoms with Crippen molar-refractivity contribution >= 4 is 22.2 Å². The van der Waals surface area contributed by atoms with Gasteiger partial charge in [-0.1, -0.05) is 18.2 Å². The minimum atomic E-state index is 0.210. The van der Waals surface area contributed by atoms with E-state index in [9.17, 15) is 5.11 Å². The number of nitrogens with zero attached hydrogens (tertiary/aromatic N) is 1. The van der Waals surface area contributed by atoms with Crippen LogP contribution in [0.2, 0.25) is 0 Å². The third-order valence-corrected chi connectivity index (χ3v) is 5.76. The summed E-state index contributed by atoms with van der Waals surface area (Å²) in [5.74, 6) is 0.347. The van der Waals surface area contributed by atoms with Crippen molar-refractivity contribution in [2.45, 2.75) is 25.3 Å². The predicted molar refractivity (Wildman–Crippen MR) is 94.1 cm³/mol. The fourth-order valence-corrected chi connectivity index (χ4v) is 4.60. The van der Waals surface area contributed by atoms with Crippen molar-refractivity contribution in [2.24, 2.45) is 0 Å². The molecule has 0 saturated carbocycles. The van der Waals surface area contributed by atoms with Crippen molar-refractivity contribution in [2.75, 3.05) is 13.1 Å². The summed E-state index contributed by atoms with van der Waals surface area (Å²) in [6.07, 6.45) is 5.61. The zero-order valence-electron chi connectivity index (χ0n) is 13.0. The Morgan fingerprint density at radius 3 is 2.70 bits per heavy atom. The standard InChI is InChI=1S/C19H20N2OS/c22-19-15(9-8-14-6-4-10-20-17(14)19)18(16-7-5-13-23-16)21-11-2-1-3-12-21/h4-10,13,18,22H,1-3,11-12H2/p+1. The van der Waals surface area contributed by atoms with E-state index in [1.165, 1.54) is 37.2 Å². The third-order valence-electron chi connectivity index (χ3n) is 4.82. The maximum absolute atomic E-state index is 10.9. The van der Waals surface area contributed by atoms with Crippen LogP contribution in [0, 0.1) is 0 Å². The van der Waals surface area contributed by atoms with Gasteiger partial charge in [0.15, 0.2) is 11.8 Å². The summed E-state index contributed by atoms with van der Waals surface area (Å²) < 4.78 is 0. The summed E-state index contributed by atoms with van der Waals surface area (Å²) in [6, 6.07) is 12.6. The number of thiophene rings is 1. The fourth-order valence-electron chi connectivity index (χ4n) is 3.70. The highest BCUT2D eigenvalue weighted by atomic mass is 32.1. The van der Waals surface area contributed by atoms with E-state index in [-0.39, 0.29) is 6.04 Å². The molecule has 2 aromatic heterocycles. The number of piperidine rings is 1. The number of likely N-dealkylation sites (tertiary alicyclic amines) is 1. The predicted octanol–water partition coefficient (Wildman–Crippen LogP) is 3.16. The van der Waals surface area contributed by atoms with Gasteiger partial charge in [-0.3, -0.25) is 4.98 Å². The number of rotatable bonds is 3. The van der Waals surface area contributed by atoms with Crippen LogP contribution in [-0.2, 0) is 0 Å². The Kier molecular flexibility index (Phi) is 4.02. The highest BCUT2D eigenvalue weighted by molar-refractivity contribution is 7.10.